The molecule has 1 rings (SSSR count). The summed E-state index contributed by atoms with van der Waals surface area (Å²) in [6.07, 6.45) is 4.14. The minimum Gasteiger partial charge on any atom is -0.464 e. The average molecular weight is 196 g/mol. The third-order valence-electron chi connectivity index (χ3n) is 2.08. The molecule has 0 aromatic rings. The van der Waals surface area contributed by atoms with Crippen LogP contribution in [0.1, 0.15) is 25.7 Å². The van der Waals surface area contributed by atoms with E-state index in [1.54, 1.807) is 6.07 Å². The quantitative estimate of drug-likeness (QED) is 0.383. The van der Waals surface area contributed by atoms with E-state index >= 15 is 0 Å². The Morgan fingerprint density at radius 3 is 2.64 bits per heavy atom. The largest absolute Gasteiger partial charge is 0.464 e. The predicted octanol–water partition coefficient (Wildman–Crippen LogP) is 0.998. The van der Waals surface area contributed by atoms with Gasteiger partial charge in [-0.2, -0.15) is 5.26 Å². The van der Waals surface area contributed by atoms with Crippen LogP contribution in [0.5, 0.6) is 0 Å². The van der Waals surface area contributed by atoms with E-state index in [4.69, 9.17) is 10.1 Å². The summed E-state index contributed by atoms with van der Waals surface area (Å²) in [6.45, 7) is 0. The predicted molar refractivity (Wildman–Crippen MR) is 48.4 cm³/mol. The second kappa shape index (κ2) is 5.22. The van der Waals surface area contributed by atoms with Gasteiger partial charge in [0.25, 0.3) is 5.71 Å². The second-order valence-electron chi connectivity index (χ2n) is 3.06. The lowest BCUT2D eigenvalue weighted by Crippen LogP contribution is -2.15. The maximum atomic E-state index is 10.9. The van der Waals surface area contributed by atoms with Crippen LogP contribution in [-0.4, -0.2) is 24.9 Å². The molecule has 0 spiro atoms. The molecule has 0 aromatic heterocycles. The van der Waals surface area contributed by atoms with Crippen molar-refractivity contribution in [1.29, 1.82) is 5.26 Å². The molecular weight excluding hydrogens is 184 g/mol. The zero-order valence-corrected chi connectivity index (χ0v) is 8.02. The molecule has 0 N–H and O–H groups in total. The van der Waals surface area contributed by atoms with Gasteiger partial charge in [0.05, 0.1) is 7.11 Å². The molecule has 0 bridgehead atoms. The highest BCUT2D eigenvalue weighted by molar-refractivity contribution is 6.42. The first-order valence-corrected chi connectivity index (χ1v) is 4.50. The number of methoxy groups -OCH3 is 1. The van der Waals surface area contributed by atoms with Crippen LogP contribution in [0, 0.1) is 11.3 Å². The lowest BCUT2D eigenvalue weighted by molar-refractivity contribution is -0.132. The van der Waals surface area contributed by atoms with Crippen molar-refractivity contribution in [2.75, 3.05) is 7.11 Å². The highest BCUT2D eigenvalue weighted by Crippen LogP contribution is 2.20. The van der Waals surface area contributed by atoms with E-state index in [-0.39, 0.29) is 11.8 Å². The number of nitrogens with zero attached hydrogens (tertiary/aromatic N) is 2. The number of carbonyl (C=O) groups excluding carboxylic acids is 1. The van der Waals surface area contributed by atoms with Crippen LogP contribution in [0.3, 0.4) is 0 Å². The molecular formula is C9H12N2O3. The van der Waals surface area contributed by atoms with E-state index in [0.717, 1.165) is 25.7 Å². The Hall–Kier alpha value is -1.57. The molecule has 5 nitrogen and oxygen atoms in total. The molecule has 5 heteroatoms. The van der Waals surface area contributed by atoms with Gasteiger partial charge in [-0.25, -0.2) is 4.79 Å². The fourth-order valence-electron chi connectivity index (χ4n) is 1.32. The Balaban J connectivity index is 2.47. The van der Waals surface area contributed by atoms with E-state index in [9.17, 15) is 4.79 Å². The van der Waals surface area contributed by atoms with Crippen molar-refractivity contribution in [2.24, 2.45) is 5.16 Å². The smallest absolute Gasteiger partial charge is 0.371 e. The number of carbonyl (C=O) groups is 1. The summed E-state index contributed by atoms with van der Waals surface area (Å²) in [5.74, 6) is -0.759. The number of rotatable bonds is 3. The Labute approximate surface area is 82.3 Å². The van der Waals surface area contributed by atoms with Gasteiger partial charge in [0, 0.05) is 0 Å². The molecule has 1 aliphatic carbocycles. The summed E-state index contributed by atoms with van der Waals surface area (Å²) in [6, 6.07) is 1.63. The van der Waals surface area contributed by atoms with Crippen molar-refractivity contribution in [1.82, 2.24) is 0 Å². The molecule has 0 heterocycles. The number of esters is 1. The molecule has 0 aliphatic heterocycles. The van der Waals surface area contributed by atoms with Gasteiger partial charge in [-0.05, 0) is 25.7 Å². The van der Waals surface area contributed by atoms with Crippen LogP contribution in [0.15, 0.2) is 5.16 Å². The maximum Gasteiger partial charge on any atom is 0.371 e. The lowest BCUT2D eigenvalue weighted by atomic mass is 10.3. The second-order valence-corrected chi connectivity index (χ2v) is 3.06. The first-order valence-electron chi connectivity index (χ1n) is 4.50. The maximum absolute atomic E-state index is 10.9. The monoisotopic (exact) mass is 196 g/mol. The van der Waals surface area contributed by atoms with Crippen LogP contribution in [0.25, 0.3) is 0 Å². The van der Waals surface area contributed by atoms with E-state index in [0.29, 0.717) is 0 Å². The number of hydrogen-bond acceptors (Lipinski definition) is 5. The Kier molecular flexibility index (Phi) is 3.92. The molecule has 0 aromatic carbocycles. The molecule has 14 heavy (non-hydrogen) atoms. The van der Waals surface area contributed by atoms with Crippen LogP contribution < -0.4 is 0 Å². The van der Waals surface area contributed by atoms with E-state index in [2.05, 4.69) is 9.89 Å². The fraction of sp³-hybridized carbons (Fsp3) is 0.667. The van der Waals surface area contributed by atoms with Gasteiger partial charge < -0.3 is 9.57 Å². The van der Waals surface area contributed by atoms with Gasteiger partial charge >= 0.3 is 5.97 Å². The molecule has 1 fully saturated rings. The molecule has 0 atom stereocenters. The zero-order chi connectivity index (χ0) is 10.4. The lowest BCUT2D eigenvalue weighted by Gasteiger charge is -2.05. The standard InChI is InChI=1S/C9H12N2O3/c1-13-9(12)8(6-10)11-14-7-4-2-3-5-7/h7H,2-5H2,1H3. The molecule has 1 saturated carbocycles. The summed E-state index contributed by atoms with van der Waals surface area (Å²) in [5, 5.41) is 12.0. The topological polar surface area (TPSA) is 71.7 Å². The first kappa shape index (κ1) is 10.5. The van der Waals surface area contributed by atoms with Crippen molar-refractivity contribution < 1.29 is 14.4 Å². The molecule has 0 amide bonds. The SMILES string of the molecule is COC(=O)C(C#N)=NOC1CCCC1. The zero-order valence-electron chi connectivity index (χ0n) is 8.02. The van der Waals surface area contributed by atoms with Crippen molar-refractivity contribution in [3.63, 3.8) is 0 Å². The number of oxime groups is 1. The minimum absolute atomic E-state index is 0.0445. The summed E-state index contributed by atoms with van der Waals surface area (Å²) in [7, 11) is 1.20. The Morgan fingerprint density at radius 1 is 1.50 bits per heavy atom. The van der Waals surface area contributed by atoms with Gasteiger partial charge in [0.15, 0.2) is 0 Å². The van der Waals surface area contributed by atoms with Gasteiger partial charge in [-0.3, -0.25) is 0 Å². The Morgan fingerprint density at radius 2 is 2.14 bits per heavy atom. The number of nitriles is 1. The summed E-state index contributed by atoms with van der Waals surface area (Å²) < 4.78 is 4.35. The third-order valence-corrected chi connectivity index (χ3v) is 2.08. The summed E-state index contributed by atoms with van der Waals surface area (Å²) in [5.41, 5.74) is -0.334. The summed E-state index contributed by atoms with van der Waals surface area (Å²) in [4.78, 5) is 15.9. The molecule has 1 aliphatic rings. The van der Waals surface area contributed by atoms with Crippen LogP contribution in [0.4, 0.5) is 0 Å². The number of hydrogen-bond donors (Lipinski definition) is 0. The first-order chi connectivity index (χ1) is 6.77. The van der Waals surface area contributed by atoms with Crippen molar-refractivity contribution in [2.45, 2.75) is 31.8 Å². The van der Waals surface area contributed by atoms with Crippen LogP contribution in [0.2, 0.25) is 0 Å². The highest BCUT2D eigenvalue weighted by Gasteiger charge is 2.18. The van der Waals surface area contributed by atoms with Crippen molar-refractivity contribution in [3.05, 3.63) is 0 Å². The average Bonchev–Trinajstić information content (AvgIpc) is 2.71. The molecule has 76 valence electrons. The van der Waals surface area contributed by atoms with Gasteiger partial charge in [0.1, 0.15) is 12.2 Å². The van der Waals surface area contributed by atoms with Gasteiger partial charge in [-0.15, -0.1) is 0 Å². The normalized spacial score (nSPS) is 17.6. The van der Waals surface area contributed by atoms with E-state index < -0.39 is 5.97 Å². The highest BCUT2D eigenvalue weighted by atomic mass is 16.6. The van der Waals surface area contributed by atoms with Crippen molar-refractivity contribution in [3.8, 4) is 6.07 Å². The molecule has 0 unspecified atom stereocenters. The van der Waals surface area contributed by atoms with Crippen LogP contribution >= 0.6 is 0 Å². The molecule has 0 radical (unpaired) electrons. The number of ether oxygens (including phenoxy) is 1. The fourth-order valence-corrected chi connectivity index (χ4v) is 1.32. The minimum atomic E-state index is -0.759. The van der Waals surface area contributed by atoms with Gasteiger partial charge in [-0.1, -0.05) is 5.16 Å². The van der Waals surface area contributed by atoms with Gasteiger partial charge in [0.2, 0.25) is 0 Å². The Bertz CT molecular complexity index is 274. The van der Waals surface area contributed by atoms with Crippen LogP contribution in [-0.2, 0) is 14.4 Å². The van der Waals surface area contributed by atoms with E-state index in [1.165, 1.54) is 7.11 Å². The summed E-state index contributed by atoms with van der Waals surface area (Å²) >= 11 is 0. The third kappa shape index (κ3) is 2.73. The molecule has 0 saturated heterocycles. The van der Waals surface area contributed by atoms with E-state index in [1.807, 2.05) is 0 Å². The van der Waals surface area contributed by atoms with Crippen molar-refractivity contribution >= 4 is 11.7 Å².